The minimum atomic E-state index is -1.03. The molecule has 14 heavy (non-hydrogen) atoms. The topological polar surface area (TPSA) is 92.4 Å². The van der Waals surface area contributed by atoms with Gasteiger partial charge in [0.1, 0.15) is 6.04 Å². The summed E-state index contributed by atoms with van der Waals surface area (Å²) in [4.78, 5) is 22.2. The second kappa shape index (κ2) is 3.57. The summed E-state index contributed by atoms with van der Waals surface area (Å²) in [6.45, 7) is 3.10. The lowest BCUT2D eigenvalue weighted by Gasteiger charge is -2.21. The van der Waals surface area contributed by atoms with Crippen molar-refractivity contribution < 1.29 is 14.7 Å². The molecule has 0 aromatic rings. The zero-order valence-corrected chi connectivity index (χ0v) is 8.41. The number of nitrogens with one attached hydrogen (secondary N) is 1. The first-order valence-electron chi connectivity index (χ1n) is 4.65. The highest BCUT2D eigenvalue weighted by atomic mass is 16.4. The van der Waals surface area contributed by atoms with Crippen LogP contribution in [0.25, 0.3) is 0 Å². The largest absolute Gasteiger partial charge is 0.480 e. The van der Waals surface area contributed by atoms with Gasteiger partial charge in [0, 0.05) is 0 Å². The summed E-state index contributed by atoms with van der Waals surface area (Å²) < 4.78 is 0. The highest BCUT2D eigenvalue weighted by Crippen LogP contribution is 2.32. The number of hydrogen-bond acceptors (Lipinski definition) is 3. The molecule has 1 unspecified atom stereocenters. The van der Waals surface area contributed by atoms with Crippen LogP contribution >= 0.6 is 0 Å². The molecule has 0 spiro atoms. The van der Waals surface area contributed by atoms with Crippen molar-refractivity contribution >= 4 is 11.9 Å². The Morgan fingerprint density at radius 1 is 1.50 bits per heavy atom. The quantitative estimate of drug-likeness (QED) is 0.581. The molecule has 0 bridgehead atoms. The smallest absolute Gasteiger partial charge is 0.326 e. The first kappa shape index (κ1) is 11.0. The highest BCUT2D eigenvalue weighted by molar-refractivity contribution is 5.89. The molecule has 0 heterocycles. The zero-order valence-electron chi connectivity index (χ0n) is 8.41. The Kier molecular flexibility index (Phi) is 2.80. The molecule has 1 rings (SSSR count). The lowest BCUT2D eigenvalue weighted by atomic mass is 10.0. The fourth-order valence-electron chi connectivity index (χ4n) is 1.14. The third-order valence-electron chi connectivity index (χ3n) is 2.23. The summed E-state index contributed by atoms with van der Waals surface area (Å²) in [5.74, 6) is -1.32. The number of amides is 1. The normalized spacial score (nSPS) is 18.8. The van der Waals surface area contributed by atoms with Gasteiger partial charge >= 0.3 is 5.97 Å². The average molecular weight is 200 g/mol. The van der Waals surface area contributed by atoms with Gasteiger partial charge in [0.15, 0.2) is 0 Å². The Bertz CT molecular complexity index is 253. The van der Waals surface area contributed by atoms with Crippen LogP contribution in [0, 0.1) is 5.92 Å². The first-order chi connectivity index (χ1) is 6.32. The Labute approximate surface area is 82.7 Å². The minimum Gasteiger partial charge on any atom is -0.480 e. The van der Waals surface area contributed by atoms with Crippen molar-refractivity contribution in [3.05, 3.63) is 0 Å². The van der Waals surface area contributed by atoms with Gasteiger partial charge in [-0.2, -0.15) is 0 Å². The van der Waals surface area contributed by atoms with Crippen molar-refractivity contribution in [1.82, 2.24) is 5.32 Å². The lowest BCUT2D eigenvalue weighted by molar-refractivity contribution is -0.143. The molecule has 0 aliphatic heterocycles. The maximum atomic E-state index is 11.4. The van der Waals surface area contributed by atoms with E-state index in [0.717, 1.165) is 12.8 Å². The summed E-state index contributed by atoms with van der Waals surface area (Å²) in [6.07, 6.45) is 1.73. The van der Waals surface area contributed by atoms with E-state index in [4.69, 9.17) is 10.8 Å². The predicted molar refractivity (Wildman–Crippen MR) is 50.6 cm³/mol. The van der Waals surface area contributed by atoms with E-state index >= 15 is 0 Å². The van der Waals surface area contributed by atoms with Crippen molar-refractivity contribution in [2.24, 2.45) is 11.7 Å². The van der Waals surface area contributed by atoms with Gasteiger partial charge in [-0.1, -0.05) is 0 Å². The summed E-state index contributed by atoms with van der Waals surface area (Å²) in [7, 11) is 0. The lowest BCUT2D eigenvalue weighted by Crippen LogP contribution is -2.54. The predicted octanol–water partition coefficient (Wildman–Crippen LogP) is -0.297. The molecule has 1 amide bonds. The number of aliphatic carboxylic acids is 1. The SMILES string of the molecule is CC(C)(N)C(=O)NC(C(=O)O)C1CC1. The van der Waals surface area contributed by atoms with Gasteiger partial charge in [-0.3, -0.25) is 4.79 Å². The van der Waals surface area contributed by atoms with Crippen LogP contribution in [0.3, 0.4) is 0 Å². The average Bonchev–Trinajstić information content (AvgIpc) is 2.79. The van der Waals surface area contributed by atoms with Crippen LogP contribution in [0.4, 0.5) is 0 Å². The van der Waals surface area contributed by atoms with Crippen LogP contribution in [0.15, 0.2) is 0 Å². The van der Waals surface area contributed by atoms with Crippen LogP contribution in [-0.4, -0.2) is 28.6 Å². The molecule has 0 radical (unpaired) electrons. The van der Waals surface area contributed by atoms with Crippen molar-refractivity contribution in [2.75, 3.05) is 0 Å². The summed E-state index contributed by atoms with van der Waals surface area (Å²) in [6, 6.07) is -0.773. The zero-order chi connectivity index (χ0) is 10.9. The molecule has 1 fully saturated rings. The molecular weight excluding hydrogens is 184 g/mol. The van der Waals surface area contributed by atoms with Crippen LogP contribution in [0.5, 0.6) is 0 Å². The maximum absolute atomic E-state index is 11.4. The van der Waals surface area contributed by atoms with Crippen molar-refractivity contribution in [2.45, 2.75) is 38.3 Å². The third kappa shape index (κ3) is 2.70. The fraction of sp³-hybridized carbons (Fsp3) is 0.778. The first-order valence-corrected chi connectivity index (χ1v) is 4.65. The van der Waals surface area contributed by atoms with Crippen molar-refractivity contribution in [1.29, 1.82) is 0 Å². The van der Waals surface area contributed by atoms with Gasteiger partial charge < -0.3 is 16.2 Å². The second-order valence-corrected chi connectivity index (χ2v) is 4.35. The van der Waals surface area contributed by atoms with Crippen LogP contribution in [-0.2, 0) is 9.59 Å². The number of carbonyl (C=O) groups is 2. The summed E-state index contributed by atoms with van der Waals surface area (Å²) >= 11 is 0. The molecule has 5 heteroatoms. The van der Waals surface area contributed by atoms with E-state index in [2.05, 4.69) is 5.32 Å². The van der Waals surface area contributed by atoms with Gasteiger partial charge in [-0.05, 0) is 32.6 Å². The number of carboxylic acids is 1. The number of carbonyl (C=O) groups excluding carboxylic acids is 1. The molecule has 0 aromatic carbocycles. The van der Waals surface area contributed by atoms with Crippen LogP contribution in [0.2, 0.25) is 0 Å². The molecule has 1 aliphatic carbocycles. The molecule has 1 saturated carbocycles. The Morgan fingerprint density at radius 3 is 2.29 bits per heavy atom. The monoisotopic (exact) mass is 200 g/mol. The van der Waals surface area contributed by atoms with Crippen molar-refractivity contribution in [3.8, 4) is 0 Å². The number of nitrogens with two attached hydrogens (primary N) is 1. The van der Waals surface area contributed by atoms with Gasteiger partial charge in [0.2, 0.25) is 5.91 Å². The third-order valence-corrected chi connectivity index (χ3v) is 2.23. The summed E-state index contributed by atoms with van der Waals surface area (Å²) in [5.41, 5.74) is 4.52. The van der Waals surface area contributed by atoms with E-state index in [1.54, 1.807) is 13.8 Å². The van der Waals surface area contributed by atoms with E-state index in [0.29, 0.717) is 0 Å². The highest BCUT2D eigenvalue weighted by Gasteiger charge is 2.38. The van der Waals surface area contributed by atoms with E-state index < -0.39 is 23.5 Å². The van der Waals surface area contributed by atoms with Gasteiger partial charge in [-0.25, -0.2) is 4.79 Å². The van der Waals surface area contributed by atoms with E-state index in [1.165, 1.54) is 0 Å². The molecule has 0 saturated heterocycles. The molecule has 5 nitrogen and oxygen atoms in total. The van der Waals surface area contributed by atoms with E-state index in [9.17, 15) is 9.59 Å². The van der Waals surface area contributed by atoms with Gasteiger partial charge in [0.25, 0.3) is 0 Å². The Hall–Kier alpha value is -1.10. The molecule has 1 aliphatic rings. The van der Waals surface area contributed by atoms with Crippen molar-refractivity contribution in [3.63, 3.8) is 0 Å². The number of rotatable bonds is 4. The van der Waals surface area contributed by atoms with E-state index in [-0.39, 0.29) is 5.92 Å². The molecule has 80 valence electrons. The summed E-state index contributed by atoms with van der Waals surface area (Å²) in [5, 5.41) is 11.3. The molecule has 0 aromatic heterocycles. The maximum Gasteiger partial charge on any atom is 0.326 e. The second-order valence-electron chi connectivity index (χ2n) is 4.35. The Morgan fingerprint density at radius 2 is 2.00 bits per heavy atom. The molecular formula is C9H16N2O3. The Balaban J connectivity index is 2.56. The standard InChI is InChI=1S/C9H16N2O3/c1-9(2,10)8(14)11-6(7(12)13)5-3-4-5/h5-6H,3-4,10H2,1-2H3,(H,11,14)(H,12,13). The van der Waals surface area contributed by atoms with Gasteiger partial charge in [-0.15, -0.1) is 0 Å². The van der Waals surface area contributed by atoms with Crippen LogP contribution < -0.4 is 11.1 Å². The fourth-order valence-corrected chi connectivity index (χ4v) is 1.14. The number of hydrogen-bond donors (Lipinski definition) is 3. The minimum absolute atomic E-state index is 0.0822. The molecule has 4 N–H and O–H groups in total. The van der Waals surface area contributed by atoms with Crippen LogP contribution in [0.1, 0.15) is 26.7 Å². The molecule has 1 atom stereocenters. The number of carboxylic acid groups (broad SMARTS) is 1. The van der Waals surface area contributed by atoms with Gasteiger partial charge in [0.05, 0.1) is 5.54 Å². The van der Waals surface area contributed by atoms with E-state index in [1.807, 2.05) is 0 Å².